The van der Waals surface area contributed by atoms with Crippen molar-refractivity contribution in [2.24, 2.45) is 0 Å². The van der Waals surface area contributed by atoms with Gasteiger partial charge in [-0.3, -0.25) is 4.79 Å². The smallest absolute Gasteiger partial charge is 0.256 e. The van der Waals surface area contributed by atoms with E-state index in [9.17, 15) is 9.90 Å². The lowest BCUT2D eigenvalue weighted by Crippen LogP contribution is -2.37. The molecule has 1 aliphatic heterocycles. The van der Waals surface area contributed by atoms with Crippen LogP contribution >= 0.6 is 0 Å². The predicted octanol–water partition coefficient (Wildman–Crippen LogP) is 2.02. The van der Waals surface area contributed by atoms with Crippen LogP contribution in [-0.4, -0.2) is 41.7 Å². The van der Waals surface area contributed by atoms with Gasteiger partial charge in [0.25, 0.3) is 5.91 Å². The molecule has 2 rings (SSSR count). The average Bonchev–Trinajstić information content (AvgIpc) is 2.87. The van der Waals surface area contributed by atoms with Crippen molar-refractivity contribution in [3.05, 3.63) is 29.3 Å². The Bertz CT molecular complexity index is 459. The van der Waals surface area contributed by atoms with E-state index in [4.69, 9.17) is 0 Å². The minimum atomic E-state index is -0.0247. The highest BCUT2D eigenvalue weighted by molar-refractivity contribution is 6.00. The van der Waals surface area contributed by atoms with Gasteiger partial charge in [-0.05, 0) is 44.4 Å². The molecular weight excluding hydrogens is 240 g/mol. The quantitative estimate of drug-likeness (QED) is 0.873. The Hall–Kier alpha value is -1.55. The van der Waals surface area contributed by atoms with E-state index in [-0.39, 0.29) is 18.6 Å². The van der Waals surface area contributed by atoms with Crippen LogP contribution in [0.15, 0.2) is 18.2 Å². The zero-order valence-corrected chi connectivity index (χ0v) is 11.6. The molecule has 4 nitrogen and oxygen atoms in total. The molecule has 1 aromatic carbocycles. The molecule has 4 heteroatoms. The van der Waals surface area contributed by atoms with Crippen molar-refractivity contribution in [2.75, 3.05) is 25.0 Å². The van der Waals surface area contributed by atoms with E-state index in [1.165, 1.54) is 0 Å². The fraction of sp³-hybridized carbons (Fsp3) is 0.533. The fourth-order valence-corrected chi connectivity index (χ4v) is 2.63. The number of aliphatic hydroxyl groups excluding tert-OH is 1. The number of aliphatic hydroxyl groups is 1. The van der Waals surface area contributed by atoms with Gasteiger partial charge in [0.1, 0.15) is 0 Å². The van der Waals surface area contributed by atoms with Crippen LogP contribution in [-0.2, 0) is 0 Å². The zero-order chi connectivity index (χ0) is 13.8. The summed E-state index contributed by atoms with van der Waals surface area (Å²) in [6.07, 6.45) is 1.87. The highest BCUT2D eigenvalue weighted by Gasteiger charge is 2.29. The minimum absolute atomic E-state index is 0.0208. The van der Waals surface area contributed by atoms with Gasteiger partial charge in [-0.1, -0.05) is 6.07 Å². The molecule has 0 saturated carbocycles. The Morgan fingerprint density at radius 2 is 2.32 bits per heavy atom. The summed E-state index contributed by atoms with van der Waals surface area (Å²) < 4.78 is 0. The molecule has 1 fully saturated rings. The monoisotopic (exact) mass is 262 g/mol. The highest BCUT2D eigenvalue weighted by Crippen LogP contribution is 2.24. The molecule has 1 aliphatic rings. The maximum atomic E-state index is 12.6. The number of hydrogen-bond acceptors (Lipinski definition) is 3. The maximum absolute atomic E-state index is 12.6. The Labute approximate surface area is 114 Å². The molecule has 0 spiro atoms. The molecule has 0 aliphatic carbocycles. The molecule has 19 heavy (non-hydrogen) atoms. The van der Waals surface area contributed by atoms with Crippen LogP contribution in [0, 0.1) is 6.92 Å². The summed E-state index contributed by atoms with van der Waals surface area (Å²) in [7, 11) is 0. The van der Waals surface area contributed by atoms with Crippen LogP contribution < -0.4 is 5.32 Å². The van der Waals surface area contributed by atoms with Crippen LogP contribution in [0.4, 0.5) is 5.69 Å². The first-order valence-corrected chi connectivity index (χ1v) is 6.93. The Balaban J connectivity index is 2.27. The molecular formula is C15H22N2O2. The molecule has 0 radical (unpaired) electrons. The van der Waals surface area contributed by atoms with Gasteiger partial charge in [0.15, 0.2) is 0 Å². The third-order valence-corrected chi connectivity index (χ3v) is 3.62. The number of amides is 1. The van der Waals surface area contributed by atoms with E-state index in [0.29, 0.717) is 5.56 Å². The lowest BCUT2D eigenvalue weighted by molar-refractivity contribution is 0.0678. The first-order valence-electron chi connectivity index (χ1n) is 6.93. The van der Waals surface area contributed by atoms with Gasteiger partial charge < -0.3 is 15.3 Å². The number of hydrogen-bond donors (Lipinski definition) is 2. The van der Waals surface area contributed by atoms with E-state index < -0.39 is 0 Å². The number of anilines is 1. The average molecular weight is 262 g/mol. The maximum Gasteiger partial charge on any atom is 0.256 e. The van der Waals surface area contributed by atoms with Crippen molar-refractivity contribution in [3.63, 3.8) is 0 Å². The third-order valence-electron chi connectivity index (χ3n) is 3.62. The highest BCUT2D eigenvalue weighted by atomic mass is 16.3. The standard InChI is InChI=1S/C15H22N2O2/c1-3-16-14-9-11(2)6-7-13(14)15(19)17-8-4-5-12(17)10-18/h6-7,9,12,16,18H,3-5,8,10H2,1-2H3. The molecule has 1 atom stereocenters. The van der Waals surface area contributed by atoms with E-state index in [1.807, 2.05) is 32.0 Å². The lowest BCUT2D eigenvalue weighted by Gasteiger charge is -2.24. The van der Waals surface area contributed by atoms with Crippen molar-refractivity contribution < 1.29 is 9.90 Å². The summed E-state index contributed by atoms with van der Waals surface area (Å²) in [5.74, 6) is 0.0208. The first kappa shape index (κ1) is 13.9. The summed E-state index contributed by atoms with van der Waals surface area (Å²) in [6, 6.07) is 5.81. The van der Waals surface area contributed by atoms with Crippen LogP contribution in [0.25, 0.3) is 0 Å². The van der Waals surface area contributed by atoms with Crippen LogP contribution in [0.1, 0.15) is 35.7 Å². The zero-order valence-electron chi connectivity index (χ0n) is 11.6. The summed E-state index contributed by atoms with van der Waals surface area (Å²) >= 11 is 0. The van der Waals surface area contributed by atoms with Gasteiger partial charge in [0.05, 0.1) is 18.2 Å². The summed E-state index contributed by atoms with van der Waals surface area (Å²) in [6.45, 7) is 5.61. The van der Waals surface area contributed by atoms with Gasteiger partial charge >= 0.3 is 0 Å². The molecule has 1 aromatic rings. The van der Waals surface area contributed by atoms with Gasteiger partial charge in [-0.2, -0.15) is 0 Å². The SMILES string of the molecule is CCNc1cc(C)ccc1C(=O)N1CCCC1CO. The normalized spacial score (nSPS) is 18.7. The topological polar surface area (TPSA) is 52.6 Å². The molecule has 1 amide bonds. The van der Waals surface area contributed by atoms with Crippen LogP contribution in [0.5, 0.6) is 0 Å². The number of carbonyl (C=O) groups is 1. The van der Waals surface area contributed by atoms with Crippen molar-refractivity contribution in [1.29, 1.82) is 0 Å². The van der Waals surface area contributed by atoms with Gasteiger partial charge in [-0.25, -0.2) is 0 Å². The molecule has 0 bridgehead atoms. The van der Waals surface area contributed by atoms with Crippen LogP contribution in [0.2, 0.25) is 0 Å². The third kappa shape index (κ3) is 2.89. The number of likely N-dealkylation sites (tertiary alicyclic amines) is 1. The second-order valence-electron chi connectivity index (χ2n) is 5.06. The minimum Gasteiger partial charge on any atom is -0.394 e. The molecule has 1 heterocycles. The first-order chi connectivity index (χ1) is 9.17. The van der Waals surface area contributed by atoms with Gasteiger partial charge in [0, 0.05) is 18.8 Å². The van der Waals surface area contributed by atoms with E-state index in [0.717, 1.165) is 37.2 Å². The second-order valence-corrected chi connectivity index (χ2v) is 5.06. The van der Waals surface area contributed by atoms with Crippen molar-refractivity contribution in [1.82, 2.24) is 4.90 Å². The van der Waals surface area contributed by atoms with E-state index in [2.05, 4.69) is 5.32 Å². The fourth-order valence-electron chi connectivity index (χ4n) is 2.63. The van der Waals surface area contributed by atoms with Gasteiger partial charge in [0.2, 0.25) is 0 Å². The lowest BCUT2D eigenvalue weighted by atomic mass is 10.1. The van der Waals surface area contributed by atoms with Crippen LogP contribution in [0.3, 0.4) is 0 Å². The number of aryl methyl sites for hydroxylation is 1. The molecule has 1 saturated heterocycles. The number of nitrogens with one attached hydrogen (secondary N) is 1. The number of rotatable bonds is 4. The predicted molar refractivity (Wildman–Crippen MR) is 76.5 cm³/mol. The summed E-state index contributed by atoms with van der Waals surface area (Å²) in [4.78, 5) is 14.4. The van der Waals surface area contributed by atoms with Crippen molar-refractivity contribution in [3.8, 4) is 0 Å². The van der Waals surface area contributed by atoms with Gasteiger partial charge in [-0.15, -0.1) is 0 Å². The Morgan fingerprint density at radius 3 is 3.00 bits per heavy atom. The number of benzene rings is 1. The molecule has 2 N–H and O–H groups in total. The number of nitrogens with zero attached hydrogens (tertiary/aromatic N) is 1. The molecule has 0 aromatic heterocycles. The number of carbonyl (C=O) groups excluding carboxylic acids is 1. The molecule has 104 valence electrons. The van der Waals surface area contributed by atoms with Crippen molar-refractivity contribution in [2.45, 2.75) is 32.7 Å². The Morgan fingerprint density at radius 1 is 1.53 bits per heavy atom. The summed E-state index contributed by atoms with van der Waals surface area (Å²) in [5, 5.41) is 12.6. The molecule has 1 unspecified atom stereocenters. The largest absolute Gasteiger partial charge is 0.394 e. The second kappa shape index (κ2) is 6.06. The van der Waals surface area contributed by atoms with Crippen molar-refractivity contribution >= 4 is 11.6 Å². The Kier molecular flexibility index (Phi) is 4.43. The summed E-state index contributed by atoms with van der Waals surface area (Å²) in [5.41, 5.74) is 2.72. The van der Waals surface area contributed by atoms with E-state index in [1.54, 1.807) is 4.90 Å². The van der Waals surface area contributed by atoms with E-state index >= 15 is 0 Å².